The van der Waals surface area contributed by atoms with Crippen molar-refractivity contribution in [1.29, 1.82) is 0 Å². The number of urea groups is 1. The Balaban J connectivity index is 1.90. The van der Waals surface area contributed by atoms with Crippen LogP contribution in [-0.2, 0) is 0 Å². The Hall–Kier alpha value is -2.29. The molecule has 0 fully saturated rings. The minimum absolute atomic E-state index is 0.337. The smallest absolute Gasteiger partial charge is 0.333 e. The van der Waals surface area contributed by atoms with E-state index in [0.29, 0.717) is 45.1 Å². The summed E-state index contributed by atoms with van der Waals surface area (Å²) in [5.41, 5.74) is 1.62. The van der Waals surface area contributed by atoms with Gasteiger partial charge in [0.2, 0.25) is 0 Å². The van der Waals surface area contributed by atoms with Gasteiger partial charge in [0.15, 0.2) is 11.5 Å². The molecule has 0 aliphatic heterocycles. The minimum atomic E-state index is -0.376. The van der Waals surface area contributed by atoms with E-state index in [1.165, 1.54) is 0 Å². The van der Waals surface area contributed by atoms with Gasteiger partial charge in [-0.25, -0.2) is 24.1 Å². The lowest BCUT2D eigenvalue weighted by Gasteiger charge is -2.15. The van der Waals surface area contributed by atoms with Crippen LogP contribution in [0.15, 0.2) is 36.5 Å². The molecule has 0 saturated heterocycles. The van der Waals surface area contributed by atoms with E-state index in [4.69, 9.17) is 23.2 Å². The minimum Gasteiger partial charge on any atom is -0.339 e. The van der Waals surface area contributed by atoms with Crippen LogP contribution >= 0.6 is 36.0 Å². The van der Waals surface area contributed by atoms with Crippen LogP contribution in [0.4, 0.5) is 22.1 Å². The number of hydrogen-bond donors (Lipinski definition) is 3. The molecule has 134 valence electrons. The predicted octanol–water partition coefficient (Wildman–Crippen LogP) is 4.46. The van der Waals surface area contributed by atoms with Gasteiger partial charge < -0.3 is 10.6 Å². The molecule has 0 aliphatic carbocycles. The van der Waals surface area contributed by atoms with Crippen molar-refractivity contribution in [3.8, 4) is 0 Å². The molecule has 2 heterocycles. The second-order valence-electron chi connectivity index (χ2n) is 5.20. The van der Waals surface area contributed by atoms with Crippen molar-refractivity contribution >= 4 is 70.5 Å². The van der Waals surface area contributed by atoms with E-state index in [0.717, 1.165) is 4.31 Å². The molecule has 0 spiro atoms. The summed E-state index contributed by atoms with van der Waals surface area (Å²) in [7, 11) is 0. The van der Waals surface area contributed by atoms with Crippen LogP contribution in [-0.4, -0.2) is 27.5 Å². The van der Waals surface area contributed by atoms with Crippen LogP contribution in [0.25, 0.3) is 11.2 Å². The van der Waals surface area contributed by atoms with Crippen molar-refractivity contribution in [2.24, 2.45) is 0 Å². The van der Waals surface area contributed by atoms with Crippen molar-refractivity contribution < 1.29 is 4.79 Å². The average molecular weight is 409 g/mol. The van der Waals surface area contributed by atoms with E-state index in [1.54, 1.807) is 36.5 Å². The first-order valence-electron chi connectivity index (χ1n) is 7.60. The van der Waals surface area contributed by atoms with Crippen LogP contribution in [0.3, 0.4) is 0 Å². The number of fused-ring (bicyclic) bond motifs is 1. The zero-order chi connectivity index (χ0) is 18.7. The second-order valence-corrected chi connectivity index (χ2v) is 6.47. The predicted molar refractivity (Wildman–Crippen MR) is 108 cm³/mol. The number of carbonyl (C=O) groups excluding carboxylic acids is 1. The zero-order valence-electron chi connectivity index (χ0n) is 13.6. The normalized spacial score (nSPS) is 10.6. The number of carbonyl (C=O) groups is 1. The van der Waals surface area contributed by atoms with E-state index in [1.807, 2.05) is 6.92 Å². The van der Waals surface area contributed by atoms with Crippen LogP contribution < -0.4 is 14.9 Å². The van der Waals surface area contributed by atoms with Crippen molar-refractivity contribution in [2.45, 2.75) is 6.92 Å². The topological polar surface area (TPSA) is 83.0 Å². The molecular weight excluding hydrogens is 395 g/mol. The molecule has 0 aliphatic rings. The lowest BCUT2D eigenvalue weighted by molar-refractivity contribution is 0.250. The molecule has 0 atom stereocenters. The first kappa shape index (κ1) is 18.5. The monoisotopic (exact) mass is 408 g/mol. The Morgan fingerprint density at radius 1 is 1.19 bits per heavy atom. The van der Waals surface area contributed by atoms with Crippen molar-refractivity contribution in [1.82, 2.24) is 20.3 Å². The summed E-state index contributed by atoms with van der Waals surface area (Å²) in [5.74, 6) is 0.799. The molecule has 2 amide bonds. The molecule has 10 heteroatoms. The first-order valence-corrected chi connectivity index (χ1v) is 8.75. The zero-order valence-corrected chi connectivity index (χ0v) is 16.0. The van der Waals surface area contributed by atoms with Gasteiger partial charge in [-0.15, -0.1) is 0 Å². The molecule has 1 aromatic carbocycles. The van der Waals surface area contributed by atoms with Crippen LogP contribution in [0.1, 0.15) is 6.92 Å². The largest absolute Gasteiger partial charge is 0.339 e. The van der Waals surface area contributed by atoms with Gasteiger partial charge >= 0.3 is 6.03 Å². The SMILES string of the molecule is CCNC(=O)N(S)c1ccc2ncc(Nc3cc(Cl)cc(Cl)c3)nc2n1. The highest BCUT2D eigenvalue weighted by molar-refractivity contribution is 7.82. The van der Waals surface area contributed by atoms with Crippen molar-refractivity contribution in [3.05, 3.63) is 46.6 Å². The van der Waals surface area contributed by atoms with E-state index in [2.05, 4.69) is 38.4 Å². The summed E-state index contributed by atoms with van der Waals surface area (Å²) < 4.78 is 1.11. The van der Waals surface area contributed by atoms with E-state index in [-0.39, 0.29) is 6.03 Å². The Morgan fingerprint density at radius 2 is 1.92 bits per heavy atom. The Labute approximate surface area is 165 Å². The standard InChI is InChI=1S/C16H14Cl2N6OS/c1-2-19-16(25)24(26)14-4-3-12-15(23-14)22-13(8-20-12)21-11-6-9(17)5-10(18)7-11/h3-8,26H,2H2,1H3,(H,19,25)(H,21,22,23). The third-order valence-corrected chi connectivity index (χ3v) is 4.09. The van der Waals surface area contributed by atoms with Crippen LogP contribution in [0.5, 0.6) is 0 Å². The average Bonchev–Trinajstić information content (AvgIpc) is 2.59. The van der Waals surface area contributed by atoms with Gasteiger partial charge in [-0.3, -0.25) is 0 Å². The van der Waals surface area contributed by atoms with Gasteiger partial charge in [0, 0.05) is 22.3 Å². The van der Waals surface area contributed by atoms with Gasteiger partial charge in [-0.2, -0.15) is 0 Å². The van der Waals surface area contributed by atoms with E-state index >= 15 is 0 Å². The highest BCUT2D eigenvalue weighted by atomic mass is 35.5. The maximum atomic E-state index is 11.9. The van der Waals surface area contributed by atoms with Crippen LogP contribution in [0.2, 0.25) is 10.0 Å². The maximum absolute atomic E-state index is 11.9. The summed E-state index contributed by atoms with van der Waals surface area (Å²) in [6.07, 6.45) is 1.57. The van der Waals surface area contributed by atoms with Crippen molar-refractivity contribution in [3.63, 3.8) is 0 Å². The number of pyridine rings is 1. The summed E-state index contributed by atoms with van der Waals surface area (Å²) in [4.78, 5) is 24.9. The highest BCUT2D eigenvalue weighted by Crippen LogP contribution is 2.25. The molecule has 7 nitrogen and oxygen atoms in total. The molecule has 0 radical (unpaired) electrons. The van der Waals surface area contributed by atoms with Gasteiger partial charge in [-0.1, -0.05) is 36.0 Å². The molecule has 0 saturated carbocycles. The van der Waals surface area contributed by atoms with E-state index < -0.39 is 0 Å². The van der Waals surface area contributed by atoms with Gasteiger partial charge in [0.05, 0.1) is 6.20 Å². The summed E-state index contributed by atoms with van der Waals surface area (Å²) in [6.45, 7) is 2.30. The Kier molecular flexibility index (Phi) is 5.65. The molecule has 26 heavy (non-hydrogen) atoms. The number of anilines is 3. The molecule has 2 aromatic heterocycles. The summed E-state index contributed by atoms with van der Waals surface area (Å²) >= 11 is 16.2. The number of halogens is 2. The van der Waals surface area contributed by atoms with Gasteiger partial charge in [0.25, 0.3) is 0 Å². The molecule has 3 rings (SSSR count). The fourth-order valence-electron chi connectivity index (χ4n) is 2.17. The second kappa shape index (κ2) is 7.94. The van der Waals surface area contributed by atoms with Crippen molar-refractivity contribution in [2.75, 3.05) is 16.2 Å². The number of nitrogens with zero attached hydrogens (tertiary/aromatic N) is 4. The Morgan fingerprint density at radius 3 is 2.62 bits per heavy atom. The highest BCUT2D eigenvalue weighted by Gasteiger charge is 2.13. The molecular formula is C16H14Cl2N6OS. The van der Waals surface area contributed by atoms with Gasteiger partial charge in [-0.05, 0) is 37.3 Å². The third kappa shape index (κ3) is 4.27. The van der Waals surface area contributed by atoms with Gasteiger partial charge in [0.1, 0.15) is 11.3 Å². The molecule has 2 N–H and O–H groups in total. The number of benzene rings is 1. The van der Waals surface area contributed by atoms with Crippen LogP contribution in [0, 0.1) is 0 Å². The molecule has 3 aromatic rings. The number of thiol groups is 1. The summed E-state index contributed by atoms with van der Waals surface area (Å²) in [6, 6.07) is 8.05. The first-order chi connectivity index (χ1) is 12.5. The number of nitrogens with one attached hydrogen (secondary N) is 2. The lowest BCUT2D eigenvalue weighted by atomic mass is 10.3. The quantitative estimate of drug-likeness (QED) is 0.555. The third-order valence-electron chi connectivity index (χ3n) is 3.26. The molecule has 0 unspecified atom stereocenters. The number of aromatic nitrogens is 3. The fourth-order valence-corrected chi connectivity index (χ4v) is 2.88. The molecule has 0 bridgehead atoms. The lowest BCUT2D eigenvalue weighted by Crippen LogP contribution is -2.34. The number of rotatable bonds is 4. The van der Waals surface area contributed by atoms with E-state index in [9.17, 15) is 4.79 Å². The Bertz CT molecular complexity index is 950. The number of amides is 2. The fraction of sp³-hybridized carbons (Fsp3) is 0.125. The summed E-state index contributed by atoms with van der Waals surface area (Å²) in [5, 5.41) is 6.72. The maximum Gasteiger partial charge on any atom is 0.333 e. The number of hydrogen-bond acceptors (Lipinski definition) is 6.